The monoisotopic (exact) mass is 1080 g/mol. The zero-order chi connectivity index (χ0) is 48.0. The van der Waals surface area contributed by atoms with E-state index in [0.29, 0.717) is 37.1 Å². The third-order valence-electron chi connectivity index (χ3n) is 13.6. The fourth-order valence-corrected chi connectivity index (χ4v) is 9.90. The van der Waals surface area contributed by atoms with Gasteiger partial charge in [-0.25, -0.2) is 4.98 Å². The van der Waals surface area contributed by atoms with Gasteiger partial charge >= 0.3 is 0 Å². The van der Waals surface area contributed by atoms with Crippen LogP contribution in [-0.4, -0.2) is 19.6 Å². The minimum absolute atomic E-state index is 0. The van der Waals surface area contributed by atoms with Crippen LogP contribution in [-0.2, 0) is 26.5 Å². The maximum absolute atomic E-state index is 12.2. The van der Waals surface area contributed by atoms with Crippen LogP contribution in [0.4, 0.5) is 0 Å². The van der Waals surface area contributed by atoms with Crippen molar-refractivity contribution in [1.82, 2.24) is 14.5 Å². The van der Waals surface area contributed by atoms with Gasteiger partial charge in [0.2, 0.25) is 0 Å². The molecule has 5 heteroatoms. The number of pyridine rings is 1. The molecule has 0 radical (unpaired) electrons. The zero-order valence-electron chi connectivity index (χ0n) is 41.1. The Balaban J connectivity index is 0.00000582. The van der Waals surface area contributed by atoms with Crippen molar-refractivity contribution in [3.63, 3.8) is 0 Å². The summed E-state index contributed by atoms with van der Waals surface area (Å²) >= 11 is 0. The van der Waals surface area contributed by atoms with E-state index in [4.69, 9.17) is 9.97 Å². The molecule has 342 valence electrons. The van der Waals surface area contributed by atoms with Crippen LogP contribution >= 0.6 is 0 Å². The van der Waals surface area contributed by atoms with Crippen LogP contribution in [0.15, 0.2) is 206 Å². The summed E-state index contributed by atoms with van der Waals surface area (Å²) in [4.78, 5) is 10.4. The van der Waals surface area contributed by atoms with Crippen molar-refractivity contribution in [1.29, 1.82) is 0 Å². The van der Waals surface area contributed by atoms with E-state index >= 15 is 0 Å². The Morgan fingerprint density at radius 1 is 0.536 bits per heavy atom. The van der Waals surface area contributed by atoms with Crippen LogP contribution in [0, 0.1) is 6.07 Å². The van der Waals surface area contributed by atoms with E-state index in [2.05, 4.69) is 147 Å². The number of fused-ring (bicyclic) bond motifs is 1. The smallest absolute Gasteiger partial charge is 0.148 e. The number of aromatic nitrogens is 3. The number of nitrogens with zero attached hydrogens (tertiary/aromatic N) is 3. The van der Waals surface area contributed by atoms with Crippen LogP contribution in [0.1, 0.15) is 77.7 Å². The fourth-order valence-electron chi connectivity index (χ4n) is 9.90. The van der Waals surface area contributed by atoms with E-state index in [1.54, 1.807) is 0 Å². The molecule has 0 unspecified atom stereocenters. The van der Waals surface area contributed by atoms with Gasteiger partial charge in [-0.3, -0.25) is 9.55 Å². The van der Waals surface area contributed by atoms with Gasteiger partial charge in [0.1, 0.15) is 11.6 Å². The van der Waals surface area contributed by atoms with Gasteiger partial charge in [-0.1, -0.05) is 184 Å². The number of imidazole rings is 1. The summed E-state index contributed by atoms with van der Waals surface area (Å²) in [6, 6.07) is 72.0. The van der Waals surface area contributed by atoms with Crippen molar-refractivity contribution >= 4 is 11.0 Å². The minimum atomic E-state index is -0.718. The molecule has 0 bridgehead atoms. The van der Waals surface area contributed by atoms with Gasteiger partial charge in [-0.05, 0) is 112 Å². The molecule has 4 nitrogen and oxygen atoms in total. The van der Waals surface area contributed by atoms with E-state index < -0.39 is 11.8 Å². The SMILES string of the molecule is [2H]C1(c2ccccc2)CCC([2H])(c2ccc(-c3ccnc(-c4[c-]c(-c5cccc6c5nc(-c5cccc(-c7ccccc7)c5O)n6-c5ccc(C(C)(C)C)cc5-c5ccccc5)ccc4)c3)cc2)CC1.[Pt]. The summed E-state index contributed by atoms with van der Waals surface area (Å²) in [5.41, 5.74) is 15.8. The normalized spacial score (nSPS) is 17.4. The minimum Gasteiger partial charge on any atom is -0.507 e. The molecule has 1 aliphatic carbocycles. The molecule has 10 aromatic rings. The molecule has 0 amide bonds. The molecular formula is C64H54N3OPt-. The Hall–Kier alpha value is -7.13. The van der Waals surface area contributed by atoms with E-state index in [0.717, 1.165) is 83.6 Å². The zero-order valence-corrected chi connectivity index (χ0v) is 41.3. The molecule has 2 aromatic heterocycles. The quantitative estimate of drug-likeness (QED) is 0.147. The van der Waals surface area contributed by atoms with E-state index in [-0.39, 0.29) is 32.2 Å². The second kappa shape index (κ2) is 19.5. The van der Waals surface area contributed by atoms with Crippen molar-refractivity contribution in [2.24, 2.45) is 0 Å². The number of benzene rings is 8. The summed E-state index contributed by atoms with van der Waals surface area (Å²) in [5, 5.41) is 12.2. The summed E-state index contributed by atoms with van der Waals surface area (Å²) in [7, 11) is 0. The molecule has 0 aliphatic heterocycles. The molecule has 1 saturated carbocycles. The van der Waals surface area contributed by atoms with Crippen molar-refractivity contribution in [2.75, 3.05) is 0 Å². The van der Waals surface area contributed by atoms with Crippen LogP contribution in [0.5, 0.6) is 5.75 Å². The molecular weight excluding hydrogens is 1020 g/mol. The molecule has 11 rings (SSSR count). The van der Waals surface area contributed by atoms with Gasteiger partial charge in [0.25, 0.3) is 0 Å². The fraction of sp³-hybridized carbons (Fsp3) is 0.156. The Bertz CT molecular complexity index is 3500. The predicted molar refractivity (Wildman–Crippen MR) is 281 cm³/mol. The van der Waals surface area contributed by atoms with Crippen molar-refractivity contribution in [3.8, 4) is 78.6 Å². The first-order valence-corrected chi connectivity index (χ1v) is 23.7. The number of hydrogen-bond acceptors (Lipinski definition) is 3. The largest absolute Gasteiger partial charge is 0.507 e. The average molecular weight is 1080 g/mol. The second-order valence-electron chi connectivity index (χ2n) is 18.9. The summed E-state index contributed by atoms with van der Waals surface area (Å²) < 4.78 is 20.9. The number of phenolic OH excluding ortho intramolecular Hbond substituents is 1. The maximum atomic E-state index is 12.2. The standard InChI is InChI=1S/C64H54N3O.Pt/c1-64(2,3)53-36-37-59(57(42-53)49-20-11-6-12-21-49)67-60-27-15-24-54(61(60)66-63(67)56-26-14-25-55(62(56)68)48-18-9-5-10-19-48)51-22-13-23-52(40-51)58-41-50(38-39-65-58)47-34-32-46(33-35-47)45-30-28-44(29-31-45)43-16-7-4-8-17-43;/h4-27,32-39,41-42,44-45,68H,28-31H2,1-3H3;/q-1;/i44D,45D;. The first-order valence-electron chi connectivity index (χ1n) is 24.7. The average Bonchev–Trinajstić information content (AvgIpc) is 3.79. The van der Waals surface area contributed by atoms with Crippen LogP contribution < -0.4 is 0 Å². The molecule has 8 aromatic carbocycles. The van der Waals surface area contributed by atoms with Crippen LogP contribution in [0.2, 0.25) is 0 Å². The van der Waals surface area contributed by atoms with Crippen molar-refractivity contribution in [2.45, 2.75) is 63.7 Å². The summed E-state index contributed by atoms with van der Waals surface area (Å²) in [6.07, 6.45) is 4.47. The third kappa shape index (κ3) is 9.15. The molecule has 69 heavy (non-hydrogen) atoms. The molecule has 1 aliphatic rings. The topological polar surface area (TPSA) is 50.9 Å². The third-order valence-corrected chi connectivity index (χ3v) is 13.6. The molecule has 1 fully saturated rings. The Kier molecular flexibility index (Phi) is 12.2. The van der Waals surface area contributed by atoms with Gasteiger partial charge < -0.3 is 5.11 Å². The van der Waals surface area contributed by atoms with Gasteiger partial charge in [-0.2, -0.15) is 0 Å². The van der Waals surface area contributed by atoms with Gasteiger partial charge in [-0.15, -0.1) is 29.8 Å². The Morgan fingerprint density at radius 2 is 1.12 bits per heavy atom. The first-order chi connectivity index (χ1) is 34.0. The van der Waals surface area contributed by atoms with Gasteiger partial charge in [0.05, 0.1) is 22.3 Å². The molecule has 0 spiro atoms. The van der Waals surface area contributed by atoms with Gasteiger partial charge in [0, 0.05) is 46.8 Å². The molecule has 2 heterocycles. The number of phenols is 1. The van der Waals surface area contributed by atoms with E-state index in [9.17, 15) is 7.85 Å². The number of aromatic hydroxyl groups is 1. The summed E-state index contributed by atoms with van der Waals surface area (Å²) in [6.45, 7) is 6.72. The van der Waals surface area contributed by atoms with Crippen LogP contribution in [0.25, 0.3) is 83.9 Å². The molecule has 1 N–H and O–H groups in total. The number of hydrogen-bond donors (Lipinski definition) is 1. The van der Waals surface area contributed by atoms with E-state index in [1.165, 1.54) is 5.56 Å². The molecule has 0 atom stereocenters. The number of rotatable bonds is 9. The number of para-hydroxylation sites is 2. The Morgan fingerprint density at radius 3 is 1.80 bits per heavy atom. The van der Waals surface area contributed by atoms with Crippen molar-refractivity contribution < 1.29 is 28.9 Å². The van der Waals surface area contributed by atoms with Crippen LogP contribution in [0.3, 0.4) is 0 Å². The first kappa shape index (κ1) is 43.2. The Labute approximate surface area is 423 Å². The van der Waals surface area contributed by atoms with Gasteiger partial charge in [0.15, 0.2) is 0 Å². The predicted octanol–water partition coefficient (Wildman–Crippen LogP) is 16.7. The van der Waals surface area contributed by atoms with E-state index in [1.807, 2.05) is 91.1 Å². The second-order valence-corrected chi connectivity index (χ2v) is 18.9. The maximum Gasteiger partial charge on any atom is 0.148 e. The summed E-state index contributed by atoms with van der Waals surface area (Å²) in [5.74, 6) is -0.564. The van der Waals surface area contributed by atoms with Crippen molar-refractivity contribution in [3.05, 3.63) is 229 Å². The molecule has 0 saturated heterocycles.